The summed E-state index contributed by atoms with van der Waals surface area (Å²) < 4.78 is 0. The van der Waals surface area contributed by atoms with Crippen LogP contribution in [0.5, 0.6) is 0 Å². The van der Waals surface area contributed by atoms with Crippen LogP contribution in [0.2, 0.25) is 0 Å². The molecule has 0 aromatic carbocycles. The topological polar surface area (TPSA) is 15.3 Å². The molecule has 13 heavy (non-hydrogen) atoms. The zero-order valence-electron chi connectivity index (χ0n) is 9.77. The predicted molar refractivity (Wildman–Crippen MR) is 60.2 cm³/mol. The number of nitrogens with zero attached hydrogens (tertiary/aromatic N) is 1. The average molecular weight is 186 g/mol. The quantitative estimate of drug-likeness (QED) is 0.710. The van der Waals surface area contributed by atoms with Crippen molar-refractivity contribution in [1.82, 2.24) is 10.2 Å². The molecule has 0 aliphatic heterocycles. The van der Waals surface area contributed by atoms with E-state index in [-0.39, 0.29) is 0 Å². The summed E-state index contributed by atoms with van der Waals surface area (Å²) in [5.41, 5.74) is 0. The summed E-state index contributed by atoms with van der Waals surface area (Å²) in [6.07, 6.45) is 7.24. The lowest BCUT2D eigenvalue weighted by Gasteiger charge is -2.29. The number of hydrogen-bond acceptors (Lipinski definition) is 2. The van der Waals surface area contributed by atoms with E-state index in [9.17, 15) is 0 Å². The van der Waals surface area contributed by atoms with E-state index in [2.05, 4.69) is 24.2 Å². The van der Waals surface area contributed by atoms with Crippen LogP contribution in [0.4, 0.5) is 0 Å². The number of nitrogens with one attached hydrogen (secondary N) is 1. The highest BCUT2D eigenvalue weighted by atomic mass is 15.1. The minimum Gasteiger partial charge on any atom is -0.323 e. The van der Waals surface area contributed by atoms with Crippen molar-refractivity contribution in [3.8, 4) is 0 Å². The lowest BCUT2D eigenvalue weighted by atomic mass is 9.95. The SMILES string of the molecule is CCN(C)C1CCCCC1.CNC. The second-order valence-corrected chi connectivity index (χ2v) is 3.87. The zero-order valence-corrected chi connectivity index (χ0v) is 9.77. The summed E-state index contributed by atoms with van der Waals surface area (Å²) in [5, 5.41) is 2.75. The minimum atomic E-state index is 0.902. The Labute approximate surface area is 83.7 Å². The first kappa shape index (κ1) is 12.9. The molecule has 1 N–H and O–H groups in total. The molecule has 1 fully saturated rings. The van der Waals surface area contributed by atoms with Gasteiger partial charge in [-0.1, -0.05) is 26.2 Å². The molecule has 0 amide bonds. The van der Waals surface area contributed by atoms with Crippen LogP contribution in [0, 0.1) is 0 Å². The van der Waals surface area contributed by atoms with Crippen molar-refractivity contribution in [2.24, 2.45) is 0 Å². The highest BCUT2D eigenvalue weighted by Gasteiger charge is 2.15. The van der Waals surface area contributed by atoms with Gasteiger partial charge in [-0.3, -0.25) is 0 Å². The molecule has 0 bridgehead atoms. The Balaban J connectivity index is 0.000000424. The molecule has 80 valence electrons. The molecule has 1 aliphatic carbocycles. The first-order valence-electron chi connectivity index (χ1n) is 5.55. The van der Waals surface area contributed by atoms with Crippen LogP contribution in [-0.2, 0) is 0 Å². The normalized spacial score (nSPS) is 18.2. The lowest BCUT2D eigenvalue weighted by Crippen LogP contribution is -2.32. The third kappa shape index (κ3) is 6.05. The van der Waals surface area contributed by atoms with E-state index in [0.717, 1.165) is 6.04 Å². The number of rotatable bonds is 2. The van der Waals surface area contributed by atoms with Crippen LogP contribution in [0.15, 0.2) is 0 Å². The molecule has 0 spiro atoms. The summed E-state index contributed by atoms with van der Waals surface area (Å²) in [4.78, 5) is 2.49. The van der Waals surface area contributed by atoms with Crippen molar-refractivity contribution in [2.75, 3.05) is 27.7 Å². The Morgan fingerprint density at radius 3 is 2.00 bits per heavy atom. The molecular weight excluding hydrogens is 160 g/mol. The Morgan fingerprint density at radius 1 is 1.15 bits per heavy atom. The molecule has 0 radical (unpaired) electrons. The molecule has 0 aromatic heterocycles. The maximum Gasteiger partial charge on any atom is 0.00920 e. The van der Waals surface area contributed by atoms with Crippen molar-refractivity contribution in [3.63, 3.8) is 0 Å². The van der Waals surface area contributed by atoms with Gasteiger partial charge in [0.15, 0.2) is 0 Å². The van der Waals surface area contributed by atoms with Gasteiger partial charge in [0.2, 0.25) is 0 Å². The van der Waals surface area contributed by atoms with E-state index in [4.69, 9.17) is 0 Å². The van der Waals surface area contributed by atoms with Gasteiger partial charge >= 0.3 is 0 Å². The van der Waals surface area contributed by atoms with E-state index in [1.807, 2.05) is 14.1 Å². The van der Waals surface area contributed by atoms with E-state index in [1.54, 1.807) is 0 Å². The maximum absolute atomic E-state index is 2.75. The maximum atomic E-state index is 2.75. The fraction of sp³-hybridized carbons (Fsp3) is 1.00. The van der Waals surface area contributed by atoms with Gasteiger partial charge in [-0.15, -0.1) is 0 Å². The smallest absolute Gasteiger partial charge is 0.00920 e. The molecular formula is C11H26N2. The Kier molecular flexibility index (Phi) is 8.46. The van der Waals surface area contributed by atoms with Crippen LogP contribution in [0.1, 0.15) is 39.0 Å². The third-order valence-electron chi connectivity index (χ3n) is 2.70. The van der Waals surface area contributed by atoms with Gasteiger partial charge < -0.3 is 10.2 Å². The van der Waals surface area contributed by atoms with Crippen molar-refractivity contribution >= 4 is 0 Å². The molecule has 0 saturated heterocycles. The minimum absolute atomic E-state index is 0.902. The second kappa shape index (κ2) is 8.52. The standard InChI is InChI=1S/C9H19N.C2H7N/c1-3-10(2)9-7-5-4-6-8-9;1-3-2/h9H,3-8H2,1-2H3;3H,1-2H3. The fourth-order valence-electron chi connectivity index (χ4n) is 1.78. The van der Waals surface area contributed by atoms with E-state index in [1.165, 1.54) is 38.6 Å². The van der Waals surface area contributed by atoms with E-state index >= 15 is 0 Å². The van der Waals surface area contributed by atoms with Crippen molar-refractivity contribution in [3.05, 3.63) is 0 Å². The van der Waals surface area contributed by atoms with Gasteiger partial charge in [0.05, 0.1) is 0 Å². The van der Waals surface area contributed by atoms with Crippen molar-refractivity contribution in [1.29, 1.82) is 0 Å². The molecule has 0 aromatic rings. The largest absolute Gasteiger partial charge is 0.323 e. The molecule has 0 atom stereocenters. The van der Waals surface area contributed by atoms with Crippen LogP contribution in [0.3, 0.4) is 0 Å². The van der Waals surface area contributed by atoms with Gasteiger partial charge in [-0.25, -0.2) is 0 Å². The summed E-state index contributed by atoms with van der Waals surface area (Å²) in [6.45, 7) is 3.46. The van der Waals surface area contributed by atoms with Gasteiger partial charge in [-0.05, 0) is 40.5 Å². The summed E-state index contributed by atoms with van der Waals surface area (Å²) >= 11 is 0. The Bertz CT molecular complexity index is 98.3. The highest BCUT2D eigenvalue weighted by Crippen LogP contribution is 2.20. The number of hydrogen-bond donors (Lipinski definition) is 1. The predicted octanol–water partition coefficient (Wildman–Crippen LogP) is 2.11. The van der Waals surface area contributed by atoms with Gasteiger partial charge in [0.1, 0.15) is 0 Å². The summed E-state index contributed by atoms with van der Waals surface area (Å²) in [5.74, 6) is 0. The second-order valence-electron chi connectivity index (χ2n) is 3.87. The molecule has 2 nitrogen and oxygen atoms in total. The van der Waals surface area contributed by atoms with Crippen LogP contribution in [0.25, 0.3) is 0 Å². The van der Waals surface area contributed by atoms with Gasteiger partial charge in [0, 0.05) is 6.04 Å². The third-order valence-corrected chi connectivity index (χ3v) is 2.70. The molecule has 1 rings (SSSR count). The Morgan fingerprint density at radius 2 is 1.62 bits per heavy atom. The average Bonchev–Trinajstić information content (AvgIpc) is 2.19. The molecule has 1 aliphatic rings. The monoisotopic (exact) mass is 186 g/mol. The first-order chi connectivity index (χ1) is 6.26. The Hall–Kier alpha value is -0.0800. The van der Waals surface area contributed by atoms with E-state index < -0.39 is 0 Å². The molecule has 0 heterocycles. The van der Waals surface area contributed by atoms with Crippen LogP contribution < -0.4 is 5.32 Å². The van der Waals surface area contributed by atoms with Crippen LogP contribution >= 0.6 is 0 Å². The summed E-state index contributed by atoms with van der Waals surface area (Å²) in [6, 6.07) is 0.902. The lowest BCUT2D eigenvalue weighted by molar-refractivity contribution is 0.200. The van der Waals surface area contributed by atoms with Crippen LogP contribution in [-0.4, -0.2) is 38.6 Å². The van der Waals surface area contributed by atoms with E-state index in [0.29, 0.717) is 0 Å². The summed E-state index contributed by atoms with van der Waals surface area (Å²) in [7, 11) is 6.00. The zero-order chi connectivity index (χ0) is 10.1. The van der Waals surface area contributed by atoms with Crippen molar-refractivity contribution in [2.45, 2.75) is 45.1 Å². The molecule has 0 unspecified atom stereocenters. The highest BCUT2D eigenvalue weighted by molar-refractivity contribution is 4.72. The van der Waals surface area contributed by atoms with Crippen molar-refractivity contribution < 1.29 is 0 Å². The van der Waals surface area contributed by atoms with Gasteiger partial charge in [0.25, 0.3) is 0 Å². The fourth-order valence-corrected chi connectivity index (χ4v) is 1.78. The first-order valence-corrected chi connectivity index (χ1v) is 5.55. The molecule has 1 saturated carbocycles. The molecule has 2 heteroatoms. The van der Waals surface area contributed by atoms with Gasteiger partial charge in [-0.2, -0.15) is 0 Å².